The molecule has 400 valence electrons. The van der Waals surface area contributed by atoms with Gasteiger partial charge >= 0.3 is 17.9 Å². The molecule has 6 heteroatoms. The molecular weight excluding hydrogens is 841 g/mol. The molecule has 68 heavy (non-hydrogen) atoms. The van der Waals surface area contributed by atoms with Crippen LogP contribution in [0.5, 0.6) is 0 Å². The smallest absolute Gasteiger partial charge is 0.306 e. The molecule has 0 N–H and O–H groups in total. The second-order valence-electron chi connectivity index (χ2n) is 20.6. The largest absolute Gasteiger partial charge is 0.462 e. The summed E-state index contributed by atoms with van der Waals surface area (Å²) in [5, 5.41) is 0. The van der Waals surface area contributed by atoms with E-state index in [2.05, 4.69) is 45.1 Å². The molecular formula is C62H116O6. The van der Waals surface area contributed by atoms with Crippen molar-refractivity contribution >= 4 is 17.9 Å². The number of ether oxygens (including phenoxy) is 3. The quantitative estimate of drug-likeness (QED) is 0.0262. The lowest BCUT2D eigenvalue weighted by Gasteiger charge is -2.18. The van der Waals surface area contributed by atoms with E-state index in [-0.39, 0.29) is 31.1 Å². The molecule has 0 aromatic carbocycles. The summed E-state index contributed by atoms with van der Waals surface area (Å²) in [4.78, 5) is 38.1. The van der Waals surface area contributed by atoms with Crippen LogP contribution in [0.25, 0.3) is 0 Å². The Morgan fingerprint density at radius 3 is 0.824 bits per heavy atom. The lowest BCUT2D eigenvalue weighted by Crippen LogP contribution is -2.30. The standard InChI is InChI=1S/C62H116O6/c1-4-7-10-13-16-19-22-24-26-28-30-31-32-33-35-36-38-40-43-46-49-52-55-61(64)67-58-59(57-66-60(63)54-51-48-45-42-21-18-15-12-9-6-3)68-62(65)56-53-50-47-44-41-39-37-34-29-27-25-23-20-17-14-11-8-5-2/h20,23,27,29,59H,4-19,21-22,24-26,28,30-58H2,1-3H3/b23-20-,29-27-. The van der Waals surface area contributed by atoms with Gasteiger partial charge in [-0.2, -0.15) is 0 Å². The van der Waals surface area contributed by atoms with Crippen molar-refractivity contribution < 1.29 is 28.6 Å². The van der Waals surface area contributed by atoms with Crippen LogP contribution in [-0.4, -0.2) is 37.2 Å². The lowest BCUT2D eigenvalue weighted by molar-refractivity contribution is -0.167. The number of allylic oxidation sites excluding steroid dienone is 4. The third-order valence-corrected chi connectivity index (χ3v) is 13.7. The van der Waals surface area contributed by atoms with Crippen molar-refractivity contribution in [3.63, 3.8) is 0 Å². The number of hydrogen-bond acceptors (Lipinski definition) is 6. The Hall–Kier alpha value is -2.11. The van der Waals surface area contributed by atoms with E-state index in [4.69, 9.17) is 14.2 Å². The van der Waals surface area contributed by atoms with Crippen LogP contribution in [0.15, 0.2) is 24.3 Å². The Morgan fingerprint density at radius 2 is 0.529 bits per heavy atom. The van der Waals surface area contributed by atoms with Crippen LogP contribution in [0.2, 0.25) is 0 Å². The van der Waals surface area contributed by atoms with Crippen LogP contribution in [0.3, 0.4) is 0 Å². The molecule has 0 heterocycles. The van der Waals surface area contributed by atoms with E-state index < -0.39 is 6.10 Å². The number of carbonyl (C=O) groups excluding carboxylic acids is 3. The minimum absolute atomic E-state index is 0.0690. The molecule has 1 unspecified atom stereocenters. The molecule has 0 amide bonds. The fraction of sp³-hybridized carbons (Fsp3) is 0.887. The maximum atomic E-state index is 12.9. The number of unbranched alkanes of at least 4 members (excludes halogenated alkanes) is 41. The summed E-state index contributed by atoms with van der Waals surface area (Å²) in [5.41, 5.74) is 0. The molecule has 0 fully saturated rings. The summed E-state index contributed by atoms with van der Waals surface area (Å²) in [6.07, 6.45) is 67.5. The first-order valence-electron chi connectivity index (χ1n) is 30.3. The molecule has 0 saturated heterocycles. The molecule has 0 aliphatic carbocycles. The Kier molecular flexibility index (Phi) is 55.7. The monoisotopic (exact) mass is 957 g/mol. The molecule has 0 aromatic heterocycles. The van der Waals surface area contributed by atoms with Gasteiger partial charge in [0, 0.05) is 19.3 Å². The molecule has 0 rings (SSSR count). The first kappa shape index (κ1) is 65.9. The summed E-state index contributed by atoms with van der Waals surface area (Å²) in [6, 6.07) is 0. The predicted molar refractivity (Wildman–Crippen MR) is 293 cm³/mol. The normalized spacial score (nSPS) is 12.1. The van der Waals surface area contributed by atoms with E-state index in [1.165, 1.54) is 225 Å². The summed E-state index contributed by atoms with van der Waals surface area (Å²) in [7, 11) is 0. The maximum Gasteiger partial charge on any atom is 0.306 e. The van der Waals surface area contributed by atoms with Crippen molar-refractivity contribution in [2.75, 3.05) is 13.2 Å². The summed E-state index contributed by atoms with van der Waals surface area (Å²) >= 11 is 0. The van der Waals surface area contributed by atoms with Gasteiger partial charge in [0.25, 0.3) is 0 Å². The molecule has 0 radical (unpaired) electrons. The summed E-state index contributed by atoms with van der Waals surface area (Å²) in [6.45, 7) is 6.66. The molecule has 0 saturated carbocycles. The van der Waals surface area contributed by atoms with E-state index in [9.17, 15) is 14.4 Å². The van der Waals surface area contributed by atoms with Crippen LogP contribution in [0.1, 0.15) is 335 Å². The van der Waals surface area contributed by atoms with Crippen LogP contribution in [0, 0.1) is 0 Å². The second-order valence-corrected chi connectivity index (χ2v) is 20.6. The van der Waals surface area contributed by atoms with Gasteiger partial charge in [0.2, 0.25) is 0 Å². The number of carbonyl (C=O) groups is 3. The highest BCUT2D eigenvalue weighted by Crippen LogP contribution is 2.17. The van der Waals surface area contributed by atoms with E-state index in [0.717, 1.165) is 70.6 Å². The molecule has 0 aromatic rings. The maximum absolute atomic E-state index is 12.9. The van der Waals surface area contributed by atoms with E-state index in [1.54, 1.807) is 0 Å². The third-order valence-electron chi connectivity index (χ3n) is 13.7. The van der Waals surface area contributed by atoms with Crippen molar-refractivity contribution in [3.05, 3.63) is 24.3 Å². The molecule has 0 bridgehead atoms. The van der Waals surface area contributed by atoms with Crippen LogP contribution < -0.4 is 0 Å². The number of rotatable bonds is 56. The van der Waals surface area contributed by atoms with Gasteiger partial charge in [0.15, 0.2) is 6.10 Å². The topological polar surface area (TPSA) is 78.9 Å². The first-order valence-corrected chi connectivity index (χ1v) is 30.3. The number of esters is 3. The van der Waals surface area contributed by atoms with Crippen molar-refractivity contribution in [1.29, 1.82) is 0 Å². The van der Waals surface area contributed by atoms with Gasteiger partial charge in [0.05, 0.1) is 0 Å². The second kappa shape index (κ2) is 57.5. The Morgan fingerprint density at radius 1 is 0.294 bits per heavy atom. The van der Waals surface area contributed by atoms with Gasteiger partial charge in [-0.1, -0.05) is 289 Å². The van der Waals surface area contributed by atoms with Crippen LogP contribution >= 0.6 is 0 Å². The van der Waals surface area contributed by atoms with Crippen molar-refractivity contribution in [2.45, 2.75) is 341 Å². The Balaban J connectivity index is 4.22. The van der Waals surface area contributed by atoms with E-state index in [0.29, 0.717) is 19.3 Å². The van der Waals surface area contributed by atoms with Crippen molar-refractivity contribution in [2.24, 2.45) is 0 Å². The van der Waals surface area contributed by atoms with Gasteiger partial charge in [-0.15, -0.1) is 0 Å². The molecule has 0 spiro atoms. The van der Waals surface area contributed by atoms with E-state index >= 15 is 0 Å². The SMILES string of the molecule is CCCCCC/C=C\C/C=C\CCCCCCCCCC(=O)OC(COC(=O)CCCCCCCCCCCC)COC(=O)CCCCCCCCCCCCCCCCCCCCCCCC. The zero-order chi connectivity index (χ0) is 49.3. The average Bonchev–Trinajstić information content (AvgIpc) is 3.34. The van der Waals surface area contributed by atoms with Crippen LogP contribution in [-0.2, 0) is 28.6 Å². The van der Waals surface area contributed by atoms with Gasteiger partial charge in [-0.25, -0.2) is 0 Å². The highest BCUT2D eigenvalue weighted by molar-refractivity contribution is 5.71. The zero-order valence-corrected chi connectivity index (χ0v) is 45.9. The Labute approximate surface area is 423 Å². The average molecular weight is 958 g/mol. The fourth-order valence-electron chi connectivity index (χ4n) is 9.12. The van der Waals surface area contributed by atoms with Gasteiger partial charge < -0.3 is 14.2 Å². The van der Waals surface area contributed by atoms with E-state index in [1.807, 2.05) is 0 Å². The molecule has 6 nitrogen and oxygen atoms in total. The minimum Gasteiger partial charge on any atom is -0.462 e. The third kappa shape index (κ3) is 54.8. The van der Waals surface area contributed by atoms with Gasteiger partial charge in [-0.05, 0) is 51.4 Å². The first-order chi connectivity index (χ1) is 33.5. The summed E-state index contributed by atoms with van der Waals surface area (Å²) in [5.74, 6) is -0.856. The van der Waals surface area contributed by atoms with Crippen LogP contribution in [0.4, 0.5) is 0 Å². The van der Waals surface area contributed by atoms with Gasteiger partial charge in [0.1, 0.15) is 13.2 Å². The fourth-order valence-corrected chi connectivity index (χ4v) is 9.12. The lowest BCUT2D eigenvalue weighted by atomic mass is 10.0. The minimum atomic E-state index is -0.770. The number of hydrogen-bond donors (Lipinski definition) is 0. The molecule has 0 aliphatic rings. The molecule has 1 atom stereocenters. The van der Waals surface area contributed by atoms with Crippen molar-refractivity contribution in [3.8, 4) is 0 Å². The Bertz CT molecular complexity index is 1100. The van der Waals surface area contributed by atoms with Crippen molar-refractivity contribution in [1.82, 2.24) is 0 Å². The highest BCUT2D eigenvalue weighted by Gasteiger charge is 2.19. The summed E-state index contributed by atoms with van der Waals surface area (Å²) < 4.78 is 16.9. The molecule has 0 aliphatic heterocycles. The predicted octanol–water partition coefficient (Wildman–Crippen LogP) is 20.3. The highest BCUT2D eigenvalue weighted by atomic mass is 16.6. The zero-order valence-electron chi connectivity index (χ0n) is 45.9. The van der Waals surface area contributed by atoms with Gasteiger partial charge in [-0.3, -0.25) is 14.4 Å².